The van der Waals surface area contributed by atoms with Gasteiger partial charge in [0.2, 0.25) is 5.13 Å². The van der Waals surface area contributed by atoms with Crippen LogP contribution in [-0.4, -0.2) is 29.1 Å². The van der Waals surface area contributed by atoms with E-state index in [1.54, 1.807) is 6.07 Å². The summed E-state index contributed by atoms with van der Waals surface area (Å²) in [5, 5.41) is 5.69. The highest BCUT2D eigenvalue weighted by Gasteiger charge is 2.11. The first-order valence-corrected chi connectivity index (χ1v) is 7.53. The van der Waals surface area contributed by atoms with E-state index >= 15 is 0 Å². The fourth-order valence-corrected chi connectivity index (χ4v) is 2.08. The van der Waals surface area contributed by atoms with E-state index in [-0.39, 0.29) is 6.01 Å². The van der Waals surface area contributed by atoms with Crippen LogP contribution in [0, 0.1) is 5.92 Å². The number of amides is 2. The second-order valence-corrected chi connectivity index (χ2v) is 5.62. The number of carbonyl (C=O) groups excluding carboxylic acids is 1. The van der Waals surface area contributed by atoms with Gasteiger partial charge in [-0.05, 0) is 18.1 Å². The molecule has 2 N–H and O–H groups in total. The van der Waals surface area contributed by atoms with E-state index in [1.807, 2.05) is 18.2 Å². The Kier molecular flexibility index (Phi) is 5.54. The van der Waals surface area contributed by atoms with Crippen molar-refractivity contribution < 1.29 is 14.3 Å². The maximum absolute atomic E-state index is 12.0. The van der Waals surface area contributed by atoms with Crippen LogP contribution in [0.5, 0.6) is 11.8 Å². The highest BCUT2D eigenvalue weighted by Crippen LogP contribution is 2.24. The molecule has 2 rings (SSSR count). The predicted octanol–water partition coefficient (Wildman–Crippen LogP) is 3.23. The largest absolute Gasteiger partial charge is 0.491 e. The van der Waals surface area contributed by atoms with Gasteiger partial charge in [0.05, 0.1) is 19.4 Å². The van der Waals surface area contributed by atoms with Crippen LogP contribution in [0.2, 0.25) is 0 Å². The number of rotatable bonds is 6. The quantitative estimate of drug-likeness (QED) is 0.853. The van der Waals surface area contributed by atoms with Gasteiger partial charge in [-0.1, -0.05) is 26.0 Å². The molecule has 1 aromatic carbocycles. The van der Waals surface area contributed by atoms with Crippen LogP contribution in [0.4, 0.5) is 15.6 Å². The number of ether oxygens (including phenoxy) is 2. The second kappa shape index (κ2) is 7.60. The molecule has 2 aromatic rings. The van der Waals surface area contributed by atoms with Crippen molar-refractivity contribution in [2.45, 2.75) is 13.8 Å². The van der Waals surface area contributed by atoms with E-state index < -0.39 is 6.03 Å². The summed E-state index contributed by atoms with van der Waals surface area (Å²) in [6.07, 6.45) is 0. The van der Waals surface area contributed by atoms with Crippen molar-refractivity contribution in [1.29, 1.82) is 0 Å². The third kappa shape index (κ3) is 4.59. The number of urea groups is 1. The van der Waals surface area contributed by atoms with Crippen molar-refractivity contribution in [3.8, 4) is 11.8 Å². The maximum atomic E-state index is 12.0. The molecule has 0 bridgehead atoms. The van der Waals surface area contributed by atoms with Gasteiger partial charge in [-0.3, -0.25) is 5.32 Å². The summed E-state index contributed by atoms with van der Waals surface area (Å²) in [5.74, 6) is 1.02. The molecule has 8 heteroatoms. The highest BCUT2D eigenvalue weighted by atomic mass is 32.1. The minimum Gasteiger partial charge on any atom is -0.491 e. The monoisotopic (exact) mass is 322 g/mol. The van der Waals surface area contributed by atoms with Crippen LogP contribution < -0.4 is 20.1 Å². The van der Waals surface area contributed by atoms with Gasteiger partial charge in [0.15, 0.2) is 0 Å². The van der Waals surface area contributed by atoms with E-state index in [4.69, 9.17) is 9.47 Å². The Morgan fingerprint density at radius 3 is 2.77 bits per heavy atom. The lowest BCUT2D eigenvalue weighted by Crippen LogP contribution is -2.20. The highest BCUT2D eigenvalue weighted by molar-refractivity contribution is 7.10. The molecule has 0 unspecified atom stereocenters. The summed E-state index contributed by atoms with van der Waals surface area (Å²) in [6, 6.07) is 7.07. The summed E-state index contributed by atoms with van der Waals surface area (Å²) >= 11 is 1.04. The van der Waals surface area contributed by atoms with Gasteiger partial charge >= 0.3 is 12.0 Å². The molecule has 1 aromatic heterocycles. The molecule has 0 fully saturated rings. The van der Waals surface area contributed by atoms with Crippen molar-refractivity contribution in [3.63, 3.8) is 0 Å². The Morgan fingerprint density at radius 1 is 1.32 bits per heavy atom. The molecule has 0 atom stereocenters. The average molecular weight is 322 g/mol. The number of para-hydroxylation sites is 2. The van der Waals surface area contributed by atoms with Gasteiger partial charge in [0.25, 0.3) is 0 Å². The molecule has 7 nitrogen and oxygen atoms in total. The molecule has 0 saturated heterocycles. The minimum atomic E-state index is -0.417. The summed E-state index contributed by atoms with van der Waals surface area (Å²) in [4.78, 5) is 16.0. The smallest absolute Gasteiger partial charge is 0.329 e. The number of anilines is 2. The van der Waals surface area contributed by atoms with Crippen LogP contribution in [0.15, 0.2) is 24.3 Å². The van der Waals surface area contributed by atoms with Crippen LogP contribution >= 0.6 is 11.5 Å². The van der Waals surface area contributed by atoms with Crippen molar-refractivity contribution in [2.75, 3.05) is 24.4 Å². The Morgan fingerprint density at radius 2 is 2.09 bits per heavy atom. The number of carbonyl (C=O) groups is 1. The summed E-state index contributed by atoms with van der Waals surface area (Å²) < 4.78 is 14.5. The van der Waals surface area contributed by atoms with Gasteiger partial charge in [0.1, 0.15) is 5.75 Å². The van der Waals surface area contributed by atoms with Gasteiger partial charge in [-0.15, -0.1) is 4.37 Å². The zero-order valence-electron chi connectivity index (χ0n) is 12.6. The second-order valence-electron chi connectivity index (χ2n) is 4.87. The van der Waals surface area contributed by atoms with Gasteiger partial charge in [-0.25, -0.2) is 4.79 Å². The molecule has 0 radical (unpaired) electrons. The summed E-state index contributed by atoms with van der Waals surface area (Å²) in [5.41, 5.74) is 0.595. The fourth-order valence-electron chi connectivity index (χ4n) is 1.55. The predicted molar refractivity (Wildman–Crippen MR) is 85.9 cm³/mol. The average Bonchev–Trinajstić information content (AvgIpc) is 2.93. The van der Waals surface area contributed by atoms with E-state index in [1.165, 1.54) is 7.11 Å². The molecule has 1 heterocycles. The normalized spacial score (nSPS) is 10.4. The van der Waals surface area contributed by atoms with Crippen LogP contribution in [0.3, 0.4) is 0 Å². The van der Waals surface area contributed by atoms with Gasteiger partial charge in [0, 0.05) is 11.5 Å². The fraction of sp³-hybridized carbons (Fsp3) is 0.357. The number of aromatic nitrogens is 2. The first-order chi connectivity index (χ1) is 10.6. The number of methoxy groups -OCH3 is 1. The number of hydrogen-bond acceptors (Lipinski definition) is 6. The molecular weight excluding hydrogens is 304 g/mol. The third-order valence-corrected chi connectivity index (χ3v) is 3.13. The number of nitrogens with one attached hydrogen (secondary N) is 2. The number of hydrogen-bond donors (Lipinski definition) is 2. The molecule has 2 amide bonds. The van der Waals surface area contributed by atoms with E-state index in [0.29, 0.717) is 29.1 Å². The lowest BCUT2D eigenvalue weighted by molar-refractivity contribution is 0.260. The Hall–Kier alpha value is -2.35. The molecule has 0 saturated carbocycles. The molecule has 0 aliphatic rings. The maximum Gasteiger partial charge on any atom is 0.329 e. The first-order valence-electron chi connectivity index (χ1n) is 6.76. The van der Waals surface area contributed by atoms with E-state index in [2.05, 4.69) is 33.8 Å². The Bertz CT molecular complexity index is 630. The van der Waals surface area contributed by atoms with Crippen LogP contribution in [0.1, 0.15) is 13.8 Å². The number of benzene rings is 1. The van der Waals surface area contributed by atoms with Crippen LogP contribution in [0.25, 0.3) is 0 Å². The van der Waals surface area contributed by atoms with E-state index in [0.717, 1.165) is 11.5 Å². The molecule has 0 aliphatic heterocycles. The molecule has 118 valence electrons. The van der Waals surface area contributed by atoms with Crippen molar-refractivity contribution >= 4 is 28.4 Å². The SMILES string of the molecule is COc1nsc(NC(=O)Nc2ccccc2OCC(C)C)n1. The standard InChI is InChI=1S/C14H18N4O3S/c1-9(2)8-21-11-7-5-4-6-10(11)15-12(19)16-14-17-13(20-3)18-22-14/h4-7,9H,8H2,1-3H3,(H2,15,16,17,18,19). The van der Waals surface area contributed by atoms with E-state index in [9.17, 15) is 4.79 Å². The molecular formula is C14H18N4O3S. The lowest BCUT2D eigenvalue weighted by Gasteiger charge is -2.13. The minimum absolute atomic E-state index is 0.223. The first kappa shape index (κ1) is 16.0. The van der Waals surface area contributed by atoms with Gasteiger partial charge in [-0.2, -0.15) is 4.98 Å². The third-order valence-electron chi connectivity index (χ3n) is 2.52. The van der Waals surface area contributed by atoms with Gasteiger partial charge < -0.3 is 14.8 Å². The lowest BCUT2D eigenvalue weighted by atomic mass is 10.2. The van der Waals surface area contributed by atoms with Crippen molar-refractivity contribution in [3.05, 3.63) is 24.3 Å². The molecule has 0 spiro atoms. The molecule has 22 heavy (non-hydrogen) atoms. The van der Waals surface area contributed by atoms with Crippen molar-refractivity contribution in [1.82, 2.24) is 9.36 Å². The van der Waals surface area contributed by atoms with Crippen molar-refractivity contribution in [2.24, 2.45) is 5.92 Å². The summed E-state index contributed by atoms with van der Waals surface area (Å²) in [7, 11) is 1.47. The number of nitrogens with zero attached hydrogens (tertiary/aromatic N) is 2. The zero-order valence-corrected chi connectivity index (χ0v) is 13.4. The topological polar surface area (TPSA) is 85.4 Å². The Balaban J connectivity index is 1.98. The summed E-state index contributed by atoms with van der Waals surface area (Å²) in [6.45, 7) is 4.70. The zero-order chi connectivity index (χ0) is 15.9. The Labute approximate surface area is 132 Å². The molecule has 0 aliphatic carbocycles. The van der Waals surface area contributed by atoms with Crippen LogP contribution in [-0.2, 0) is 0 Å².